The maximum absolute atomic E-state index is 5.77. The van der Waals surface area contributed by atoms with Crippen LogP contribution in [0.25, 0.3) is 0 Å². The monoisotopic (exact) mass is 406 g/mol. The molecule has 3 N–H and O–H groups in total. The Hall–Kier alpha value is -0.860. The van der Waals surface area contributed by atoms with E-state index in [9.17, 15) is 0 Å². The highest BCUT2D eigenvalue weighted by Crippen LogP contribution is 2.15. The number of aryl methyl sites for hydroxylation is 2. The van der Waals surface area contributed by atoms with Crippen LogP contribution in [0.15, 0.2) is 4.99 Å². The molecule has 0 aromatic carbocycles. The Morgan fingerprint density at radius 2 is 2.14 bits per heavy atom. The van der Waals surface area contributed by atoms with Crippen molar-refractivity contribution in [3.8, 4) is 0 Å². The maximum Gasteiger partial charge on any atom is 0.188 e. The van der Waals surface area contributed by atoms with Crippen molar-refractivity contribution in [2.24, 2.45) is 10.7 Å². The fourth-order valence-corrected chi connectivity index (χ4v) is 2.51. The van der Waals surface area contributed by atoms with Gasteiger partial charge < -0.3 is 15.6 Å². The Kier molecular flexibility index (Phi) is 7.98. The highest BCUT2D eigenvalue weighted by Gasteiger charge is 2.13. The van der Waals surface area contributed by atoms with Gasteiger partial charge in [-0.3, -0.25) is 4.99 Å². The molecule has 2 heterocycles. The van der Waals surface area contributed by atoms with Crippen molar-refractivity contribution >= 4 is 29.9 Å². The van der Waals surface area contributed by atoms with Gasteiger partial charge in [-0.2, -0.15) is 0 Å². The smallest absolute Gasteiger partial charge is 0.188 e. The number of nitrogens with one attached hydrogen (secondary N) is 1. The zero-order chi connectivity index (χ0) is 14.4. The summed E-state index contributed by atoms with van der Waals surface area (Å²) >= 11 is 0. The van der Waals surface area contributed by atoms with Gasteiger partial charge in [0.15, 0.2) is 5.96 Å². The molecule has 1 aromatic heterocycles. The van der Waals surface area contributed by atoms with Gasteiger partial charge in [0, 0.05) is 32.0 Å². The van der Waals surface area contributed by atoms with Crippen molar-refractivity contribution in [2.45, 2.75) is 65.0 Å². The van der Waals surface area contributed by atoms with E-state index in [2.05, 4.69) is 25.1 Å². The largest absolute Gasteiger partial charge is 0.370 e. The first kappa shape index (κ1) is 18.2. The first-order valence-corrected chi connectivity index (χ1v) is 7.64. The zero-order valence-corrected chi connectivity index (χ0v) is 15.3. The van der Waals surface area contributed by atoms with E-state index in [-0.39, 0.29) is 24.0 Å². The van der Waals surface area contributed by atoms with E-state index in [0.717, 1.165) is 44.0 Å². The summed E-state index contributed by atoms with van der Waals surface area (Å²) in [6.07, 6.45) is 6.71. The molecule has 1 aliphatic heterocycles. The number of hydrogen-bond acceptors (Lipinski definition) is 3. The molecule has 0 unspecified atom stereocenters. The van der Waals surface area contributed by atoms with Crippen molar-refractivity contribution in [1.82, 2.24) is 20.1 Å². The summed E-state index contributed by atoms with van der Waals surface area (Å²) in [4.78, 5) is 4.32. The molecule has 0 atom stereocenters. The first-order valence-electron chi connectivity index (χ1n) is 7.64. The normalized spacial score (nSPS) is 15.3. The molecule has 0 fully saturated rings. The second kappa shape index (κ2) is 9.22. The Balaban J connectivity index is 0.00000220. The van der Waals surface area contributed by atoms with E-state index in [1.54, 1.807) is 0 Å². The fourth-order valence-electron chi connectivity index (χ4n) is 2.51. The van der Waals surface area contributed by atoms with Crippen LogP contribution in [-0.4, -0.2) is 33.3 Å². The van der Waals surface area contributed by atoms with Gasteiger partial charge in [0.1, 0.15) is 11.6 Å². The van der Waals surface area contributed by atoms with E-state index >= 15 is 0 Å². The molecule has 7 heteroatoms. The van der Waals surface area contributed by atoms with E-state index in [1.165, 1.54) is 19.3 Å². The van der Waals surface area contributed by atoms with Crippen molar-refractivity contribution in [3.63, 3.8) is 0 Å². The highest BCUT2D eigenvalue weighted by atomic mass is 127. The molecule has 1 aromatic rings. The number of halogens is 1. The Bertz CT molecular complexity index is 454. The second-order valence-corrected chi connectivity index (χ2v) is 5.66. The molecular weight excluding hydrogens is 379 g/mol. The van der Waals surface area contributed by atoms with Gasteiger partial charge in [-0.25, -0.2) is 0 Å². The van der Waals surface area contributed by atoms with Crippen LogP contribution >= 0.6 is 24.0 Å². The molecule has 0 amide bonds. The number of guanidine groups is 1. The number of aliphatic imine (C=N–C) groups is 1. The molecule has 120 valence electrons. The standard InChI is InChI=1S/C14H26N6.HI/c1-11(2)17-14(15)16-9-6-8-13-19-18-12-7-4-3-5-10-20(12)13;/h11H,3-10H2,1-2H3,(H3,15,16,17);1H. The summed E-state index contributed by atoms with van der Waals surface area (Å²) in [6, 6.07) is 0.325. The van der Waals surface area contributed by atoms with E-state index in [0.29, 0.717) is 12.0 Å². The average molecular weight is 406 g/mol. The van der Waals surface area contributed by atoms with E-state index < -0.39 is 0 Å². The van der Waals surface area contributed by atoms with Gasteiger partial charge in [0.2, 0.25) is 0 Å². The van der Waals surface area contributed by atoms with Gasteiger partial charge >= 0.3 is 0 Å². The van der Waals surface area contributed by atoms with Gasteiger partial charge in [0.05, 0.1) is 0 Å². The minimum atomic E-state index is 0. The lowest BCUT2D eigenvalue weighted by Crippen LogP contribution is -2.36. The second-order valence-electron chi connectivity index (χ2n) is 5.66. The van der Waals surface area contributed by atoms with Crippen LogP contribution in [0.5, 0.6) is 0 Å². The molecule has 2 rings (SSSR count). The van der Waals surface area contributed by atoms with Crippen molar-refractivity contribution in [1.29, 1.82) is 0 Å². The lowest BCUT2D eigenvalue weighted by atomic mass is 10.2. The molecule has 0 bridgehead atoms. The van der Waals surface area contributed by atoms with Crippen LogP contribution in [0.2, 0.25) is 0 Å². The predicted octanol–water partition coefficient (Wildman–Crippen LogP) is 1.87. The zero-order valence-electron chi connectivity index (χ0n) is 13.0. The molecule has 0 saturated heterocycles. The predicted molar refractivity (Wildman–Crippen MR) is 96.1 cm³/mol. The number of rotatable bonds is 5. The van der Waals surface area contributed by atoms with Gasteiger partial charge in [-0.15, -0.1) is 34.2 Å². The third-order valence-corrected chi connectivity index (χ3v) is 3.46. The molecule has 0 aliphatic carbocycles. The summed E-state index contributed by atoms with van der Waals surface area (Å²) in [5, 5.41) is 11.7. The van der Waals surface area contributed by atoms with Crippen molar-refractivity contribution in [2.75, 3.05) is 6.54 Å². The Morgan fingerprint density at radius 3 is 2.90 bits per heavy atom. The molecule has 0 saturated carbocycles. The third-order valence-electron chi connectivity index (χ3n) is 3.46. The third kappa shape index (κ3) is 5.80. The van der Waals surface area contributed by atoms with Crippen LogP contribution in [0.4, 0.5) is 0 Å². The Morgan fingerprint density at radius 1 is 1.33 bits per heavy atom. The molecule has 1 aliphatic rings. The lowest BCUT2D eigenvalue weighted by molar-refractivity contribution is 0.597. The van der Waals surface area contributed by atoms with Crippen LogP contribution in [0.3, 0.4) is 0 Å². The molecule has 0 radical (unpaired) electrons. The first-order chi connectivity index (χ1) is 9.66. The quantitative estimate of drug-likeness (QED) is 0.339. The maximum atomic E-state index is 5.77. The number of nitrogens with two attached hydrogens (primary N) is 1. The van der Waals surface area contributed by atoms with Crippen LogP contribution in [0.1, 0.15) is 51.2 Å². The summed E-state index contributed by atoms with van der Waals surface area (Å²) in [5.74, 6) is 2.79. The number of aromatic nitrogens is 3. The minimum Gasteiger partial charge on any atom is -0.370 e. The van der Waals surface area contributed by atoms with Gasteiger partial charge in [-0.05, 0) is 33.1 Å². The molecule has 0 spiro atoms. The van der Waals surface area contributed by atoms with Crippen LogP contribution < -0.4 is 11.1 Å². The summed E-state index contributed by atoms with van der Waals surface area (Å²) < 4.78 is 2.30. The van der Waals surface area contributed by atoms with E-state index in [1.807, 2.05) is 13.8 Å². The highest BCUT2D eigenvalue weighted by molar-refractivity contribution is 14.0. The number of nitrogens with zero attached hydrogens (tertiary/aromatic N) is 4. The van der Waals surface area contributed by atoms with Gasteiger partial charge in [-0.1, -0.05) is 6.42 Å². The molecular formula is C14H27IN6. The number of fused-ring (bicyclic) bond motifs is 1. The summed E-state index contributed by atoms with van der Waals surface area (Å²) in [6.45, 7) is 5.90. The van der Waals surface area contributed by atoms with Crippen molar-refractivity contribution < 1.29 is 0 Å². The molecule has 6 nitrogen and oxygen atoms in total. The fraction of sp³-hybridized carbons (Fsp3) is 0.786. The summed E-state index contributed by atoms with van der Waals surface area (Å²) in [5.41, 5.74) is 5.77. The minimum absolute atomic E-state index is 0. The average Bonchev–Trinajstić information content (AvgIpc) is 2.62. The molecule has 21 heavy (non-hydrogen) atoms. The van der Waals surface area contributed by atoms with Gasteiger partial charge in [0.25, 0.3) is 0 Å². The van der Waals surface area contributed by atoms with Crippen LogP contribution in [-0.2, 0) is 19.4 Å². The Labute approximate surface area is 144 Å². The topological polar surface area (TPSA) is 81.1 Å². The number of hydrogen-bond donors (Lipinski definition) is 2. The summed E-state index contributed by atoms with van der Waals surface area (Å²) in [7, 11) is 0. The lowest BCUT2D eigenvalue weighted by Gasteiger charge is -2.08. The SMILES string of the molecule is CC(C)NC(N)=NCCCc1nnc2n1CCCCC2.I. The van der Waals surface area contributed by atoms with Crippen molar-refractivity contribution in [3.05, 3.63) is 11.6 Å². The van der Waals surface area contributed by atoms with E-state index in [4.69, 9.17) is 5.73 Å². The van der Waals surface area contributed by atoms with Crippen LogP contribution in [0, 0.1) is 0 Å².